The molecule has 0 aliphatic carbocycles. The predicted octanol–water partition coefficient (Wildman–Crippen LogP) is 2.63. The zero-order chi connectivity index (χ0) is 13.8. The van der Waals surface area contributed by atoms with Gasteiger partial charge >= 0.3 is 0 Å². The number of nitrogens with one attached hydrogen (secondary N) is 1. The SMILES string of the molecule is NNC(=O)c1nc(COc2ccc(Cl)cc2Cl)cs1. The lowest BCUT2D eigenvalue weighted by Gasteiger charge is -2.06. The Hall–Kier alpha value is -1.34. The number of aromatic nitrogens is 1. The van der Waals surface area contributed by atoms with E-state index >= 15 is 0 Å². The quantitative estimate of drug-likeness (QED) is 0.516. The number of nitrogens with zero attached hydrogens (tertiary/aromatic N) is 1. The molecule has 5 nitrogen and oxygen atoms in total. The summed E-state index contributed by atoms with van der Waals surface area (Å²) in [7, 11) is 0. The van der Waals surface area contributed by atoms with Crippen LogP contribution in [0, 0.1) is 0 Å². The normalized spacial score (nSPS) is 10.3. The van der Waals surface area contributed by atoms with Gasteiger partial charge < -0.3 is 4.74 Å². The van der Waals surface area contributed by atoms with Crippen molar-refractivity contribution in [2.24, 2.45) is 5.84 Å². The van der Waals surface area contributed by atoms with Crippen LogP contribution < -0.4 is 16.0 Å². The monoisotopic (exact) mass is 317 g/mol. The number of benzene rings is 1. The molecule has 0 saturated heterocycles. The van der Waals surface area contributed by atoms with Gasteiger partial charge in [0.05, 0.1) is 10.7 Å². The summed E-state index contributed by atoms with van der Waals surface area (Å²) in [6.45, 7) is 0.204. The van der Waals surface area contributed by atoms with E-state index in [1.165, 1.54) is 11.3 Å². The van der Waals surface area contributed by atoms with Crippen molar-refractivity contribution >= 4 is 40.4 Å². The van der Waals surface area contributed by atoms with Crippen molar-refractivity contribution in [2.75, 3.05) is 0 Å². The van der Waals surface area contributed by atoms with E-state index in [4.69, 9.17) is 33.8 Å². The van der Waals surface area contributed by atoms with Crippen LogP contribution in [0.25, 0.3) is 0 Å². The molecule has 0 aliphatic rings. The van der Waals surface area contributed by atoms with E-state index in [1.807, 2.05) is 5.43 Å². The number of halogens is 2. The van der Waals surface area contributed by atoms with E-state index in [0.717, 1.165) is 0 Å². The number of nitrogen functional groups attached to an aromatic ring is 1. The van der Waals surface area contributed by atoms with E-state index in [2.05, 4.69) is 4.98 Å². The molecule has 1 amide bonds. The molecule has 0 atom stereocenters. The number of ether oxygens (including phenoxy) is 1. The van der Waals surface area contributed by atoms with Crippen LogP contribution in [-0.4, -0.2) is 10.9 Å². The second-order valence-corrected chi connectivity index (χ2v) is 5.18. The van der Waals surface area contributed by atoms with Crippen LogP contribution >= 0.6 is 34.5 Å². The Bertz CT molecular complexity index is 603. The Labute approximate surface area is 123 Å². The summed E-state index contributed by atoms with van der Waals surface area (Å²) in [5.74, 6) is 5.09. The molecular weight excluding hydrogens is 309 g/mol. The van der Waals surface area contributed by atoms with Crippen LogP contribution in [0.2, 0.25) is 10.0 Å². The van der Waals surface area contributed by atoms with Gasteiger partial charge in [0.2, 0.25) is 0 Å². The molecule has 0 bridgehead atoms. The van der Waals surface area contributed by atoms with Crippen molar-refractivity contribution in [1.82, 2.24) is 10.4 Å². The lowest BCUT2D eigenvalue weighted by molar-refractivity contribution is 0.0953. The van der Waals surface area contributed by atoms with Gasteiger partial charge in [-0.2, -0.15) is 0 Å². The molecule has 0 saturated carbocycles. The third-order valence-electron chi connectivity index (χ3n) is 2.15. The van der Waals surface area contributed by atoms with Crippen molar-refractivity contribution in [1.29, 1.82) is 0 Å². The van der Waals surface area contributed by atoms with Gasteiger partial charge in [0.15, 0.2) is 5.01 Å². The molecule has 8 heteroatoms. The van der Waals surface area contributed by atoms with Gasteiger partial charge in [-0.3, -0.25) is 10.2 Å². The van der Waals surface area contributed by atoms with Gasteiger partial charge in [-0.05, 0) is 18.2 Å². The highest BCUT2D eigenvalue weighted by atomic mass is 35.5. The third kappa shape index (κ3) is 3.57. The minimum absolute atomic E-state index is 0.204. The Morgan fingerprint density at radius 1 is 1.47 bits per heavy atom. The Morgan fingerprint density at radius 2 is 2.26 bits per heavy atom. The summed E-state index contributed by atoms with van der Waals surface area (Å²) in [6, 6.07) is 4.94. The van der Waals surface area contributed by atoms with E-state index in [1.54, 1.807) is 23.6 Å². The predicted molar refractivity (Wildman–Crippen MR) is 74.6 cm³/mol. The number of hydrazine groups is 1. The molecule has 1 aromatic heterocycles. The maximum Gasteiger partial charge on any atom is 0.294 e. The number of amides is 1. The van der Waals surface area contributed by atoms with Crippen LogP contribution in [0.4, 0.5) is 0 Å². The first-order chi connectivity index (χ1) is 9.10. The van der Waals surface area contributed by atoms with Crippen LogP contribution in [0.15, 0.2) is 23.6 Å². The summed E-state index contributed by atoms with van der Waals surface area (Å²) in [6.07, 6.45) is 0. The minimum atomic E-state index is -0.430. The zero-order valence-corrected chi connectivity index (χ0v) is 11.9. The number of hydrogen-bond acceptors (Lipinski definition) is 5. The molecule has 19 heavy (non-hydrogen) atoms. The van der Waals surface area contributed by atoms with Crippen molar-refractivity contribution in [3.63, 3.8) is 0 Å². The maximum atomic E-state index is 11.2. The first-order valence-electron chi connectivity index (χ1n) is 5.13. The smallest absolute Gasteiger partial charge is 0.294 e. The van der Waals surface area contributed by atoms with Gasteiger partial charge in [0.25, 0.3) is 5.91 Å². The van der Waals surface area contributed by atoms with E-state index < -0.39 is 5.91 Å². The molecule has 0 fully saturated rings. The highest BCUT2D eigenvalue weighted by molar-refractivity contribution is 7.11. The first kappa shape index (κ1) is 14.1. The van der Waals surface area contributed by atoms with Crippen LogP contribution in [-0.2, 0) is 6.61 Å². The van der Waals surface area contributed by atoms with Gasteiger partial charge in [-0.25, -0.2) is 10.8 Å². The highest BCUT2D eigenvalue weighted by Crippen LogP contribution is 2.28. The molecule has 0 unspecified atom stereocenters. The molecule has 2 rings (SSSR count). The van der Waals surface area contributed by atoms with Crippen molar-refractivity contribution < 1.29 is 9.53 Å². The lowest BCUT2D eigenvalue weighted by Crippen LogP contribution is -2.29. The van der Waals surface area contributed by atoms with Crippen molar-refractivity contribution in [3.05, 3.63) is 44.3 Å². The summed E-state index contributed by atoms with van der Waals surface area (Å²) in [4.78, 5) is 15.3. The van der Waals surface area contributed by atoms with E-state index in [0.29, 0.717) is 21.5 Å². The molecule has 2 aromatic rings. The molecule has 0 spiro atoms. The number of thiazole rings is 1. The molecule has 0 radical (unpaired) electrons. The van der Waals surface area contributed by atoms with Crippen LogP contribution in [0.3, 0.4) is 0 Å². The molecular formula is C11H9Cl2N3O2S. The number of rotatable bonds is 4. The van der Waals surface area contributed by atoms with Crippen LogP contribution in [0.1, 0.15) is 15.5 Å². The molecule has 3 N–H and O–H groups in total. The molecule has 0 aliphatic heterocycles. The summed E-state index contributed by atoms with van der Waals surface area (Å²) in [5, 5.41) is 2.95. The summed E-state index contributed by atoms with van der Waals surface area (Å²) in [5.41, 5.74) is 2.64. The maximum absolute atomic E-state index is 11.2. The average molecular weight is 318 g/mol. The lowest BCUT2D eigenvalue weighted by atomic mass is 10.3. The summed E-state index contributed by atoms with van der Waals surface area (Å²) < 4.78 is 5.50. The highest BCUT2D eigenvalue weighted by Gasteiger charge is 2.10. The van der Waals surface area contributed by atoms with Gasteiger partial charge in [0, 0.05) is 10.4 Å². The molecule has 100 valence electrons. The fourth-order valence-corrected chi connectivity index (χ4v) is 2.45. The average Bonchev–Trinajstić information content (AvgIpc) is 2.85. The van der Waals surface area contributed by atoms with Gasteiger partial charge in [-0.15, -0.1) is 11.3 Å². The minimum Gasteiger partial charge on any atom is -0.486 e. The number of carbonyl (C=O) groups is 1. The molecule has 1 heterocycles. The Kier molecular flexibility index (Phi) is 4.60. The topological polar surface area (TPSA) is 77.2 Å². The fourth-order valence-electron chi connectivity index (χ4n) is 1.28. The number of carbonyl (C=O) groups excluding carboxylic acids is 1. The van der Waals surface area contributed by atoms with Crippen molar-refractivity contribution in [2.45, 2.75) is 6.61 Å². The van der Waals surface area contributed by atoms with E-state index in [9.17, 15) is 4.79 Å². The first-order valence-corrected chi connectivity index (χ1v) is 6.77. The Balaban J connectivity index is 2.02. The second-order valence-electron chi connectivity index (χ2n) is 3.48. The Morgan fingerprint density at radius 3 is 2.95 bits per heavy atom. The zero-order valence-electron chi connectivity index (χ0n) is 9.52. The summed E-state index contributed by atoms with van der Waals surface area (Å²) >= 11 is 12.9. The van der Waals surface area contributed by atoms with E-state index in [-0.39, 0.29) is 11.6 Å². The van der Waals surface area contributed by atoms with Crippen molar-refractivity contribution in [3.8, 4) is 5.75 Å². The second kappa shape index (κ2) is 6.21. The number of nitrogens with two attached hydrogens (primary N) is 1. The number of hydrogen-bond donors (Lipinski definition) is 2. The van der Waals surface area contributed by atoms with Crippen LogP contribution in [0.5, 0.6) is 5.75 Å². The molecule has 1 aromatic carbocycles. The van der Waals surface area contributed by atoms with Gasteiger partial charge in [0.1, 0.15) is 12.4 Å². The largest absolute Gasteiger partial charge is 0.486 e. The van der Waals surface area contributed by atoms with Gasteiger partial charge in [-0.1, -0.05) is 23.2 Å². The fraction of sp³-hybridized carbons (Fsp3) is 0.0909. The third-order valence-corrected chi connectivity index (χ3v) is 3.57. The standard InChI is InChI=1S/C11H9Cl2N3O2S/c12-6-1-2-9(8(13)3-6)18-4-7-5-19-11(15-7)10(17)16-14/h1-3,5H,4,14H2,(H,16,17).